The Balaban J connectivity index is 1.93. The van der Waals surface area contributed by atoms with E-state index in [0.717, 1.165) is 6.92 Å². The third kappa shape index (κ3) is 5.59. The summed E-state index contributed by atoms with van der Waals surface area (Å²) in [5.74, 6) is -2.41. The van der Waals surface area contributed by atoms with Gasteiger partial charge in [-0.3, -0.25) is 9.59 Å². The molecule has 0 heterocycles. The van der Waals surface area contributed by atoms with Crippen molar-refractivity contribution >= 4 is 23.5 Å². The number of ether oxygens (including phenoxy) is 2. The monoisotopic (exact) mass is 361 g/mol. The van der Waals surface area contributed by atoms with Gasteiger partial charge in [0.05, 0.1) is 13.0 Å². The van der Waals surface area contributed by atoms with Crippen LogP contribution in [0.15, 0.2) is 42.5 Å². The number of hydrogen-bond acceptors (Lipinski definition) is 5. The highest BCUT2D eigenvalue weighted by atomic mass is 19.1. The molecule has 1 amide bonds. The lowest BCUT2D eigenvalue weighted by molar-refractivity contribution is -0.131. The zero-order valence-electron chi connectivity index (χ0n) is 13.8. The standard InChI is InChI=1S/C18H16FNO6/c1-11(21)26-16-7-4-13(10-15(16)18(23)24)20-17(22)8-9-25-14-5-2-12(19)3-6-14/h2-7,10H,8-9H2,1H3,(H,20,22)(H,23,24). The van der Waals surface area contributed by atoms with Crippen molar-refractivity contribution in [2.24, 2.45) is 0 Å². The van der Waals surface area contributed by atoms with Crippen LogP contribution in [0.5, 0.6) is 11.5 Å². The van der Waals surface area contributed by atoms with Crippen LogP contribution >= 0.6 is 0 Å². The number of esters is 1. The average Bonchev–Trinajstić information content (AvgIpc) is 2.57. The van der Waals surface area contributed by atoms with Crippen molar-refractivity contribution in [3.8, 4) is 11.5 Å². The van der Waals surface area contributed by atoms with Crippen LogP contribution in [0.1, 0.15) is 23.7 Å². The zero-order valence-corrected chi connectivity index (χ0v) is 13.8. The van der Waals surface area contributed by atoms with Crippen molar-refractivity contribution < 1.29 is 33.4 Å². The SMILES string of the molecule is CC(=O)Oc1ccc(NC(=O)CCOc2ccc(F)cc2)cc1C(=O)O. The maximum atomic E-state index is 12.8. The van der Waals surface area contributed by atoms with Gasteiger partial charge in [-0.25, -0.2) is 9.18 Å². The van der Waals surface area contributed by atoms with E-state index in [0.29, 0.717) is 5.75 Å². The highest BCUT2D eigenvalue weighted by molar-refractivity contribution is 5.96. The van der Waals surface area contributed by atoms with Gasteiger partial charge in [0.1, 0.15) is 22.9 Å². The van der Waals surface area contributed by atoms with Crippen molar-refractivity contribution in [3.63, 3.8) is 0 Å². The van der Waals surface area contributed by atoms with Crippen LogP contribution in [0.25, 0.3) is 0 Å². The highest BCUT2D eigenvalue weighted by Gasteiger charge is 2.15. The van der Waals surface area contributed by atoms with Gasteiger partial charge in [-0.05, 0) is 42.5 Å². The lowest BCUT2D eigenvalue weighted by atomic mass is 10.1. The minimum atomic E-state index is -1.29. The molecule has 0 bridgehead atoms. The van der Waals surface area contributed by atoms with Gasteiger partial charge in [-0.2, -0.15) is 0 Å². The van der Waals surface area contributed by atoms with Crippen molar-refractivity contribution in [3.05, 3.63) is 53.8 Å². The first-order valence-electron chi connectivity index (χ1n) is 7.59. The van der Waals surface area contributed by atoms with Crippen LogP contribution in [-0.4, -0.2) is 29.6 Å². The summed E-state index contributed by atoms with van der Waals surface area (Å²) in [4.78, 5) is 34.1. The number of benzene rings is 2. The molecule has 0 aliphatic carbocycles. The molecule has 0 unspecified atom stereocenters. The van der Waals surface area contributed by atoms with Gasteiger partial charge in [0.15, 0.2) is 0 Å². The van der Waals surface area contributed by atoms with E-state index in [1.807, 2.05) is 0 Å². The van der Waals surface area contributed by atoms with Gasteiger partial charge in [0, 0.05) is 12.6 Å². The Morgan fingerprint density at radius 1 is 1.12 bits per heavy atom. The van der Waals surface area contributed by atoms with Crippen molar-refractivity contribution in [2.75, 3.05) is 11.9 Å². The molecule has 0 spiro atoms. The number of carbonyl (C=O) groups is 3. The number of nitrogens with one attached hydrogen (secondary N) is 1. The molecule has 0 fully saturated rings. The number of carboxylic acids is 1. The summed E-state index contributed by atoms with van der Waals surface area (Å²) < 4.78 is 22.9. The Hall–Kier alpha value is -3.42. The van der Waals surface area contributed by atoms with Crippen molar-refractivity contribution in [2.45, 2.75) is 13.3 Å². The third-order valence-corrected chi connectivity index (χ3v) is 3.16. The van der Waals surface area contributed by atoms with Gasteiger partial charge in [0.2, 0.25) is 5.91 Å². The first-order chi connectivity index (χ1) is 12.3. The van der Waals surface area contributed by atoms with E-state index in [4.69, 9.17) is 9.47 Å². The number of hydrogen-bond donors (Lipinski definition) is 2. The van der Waals surface area contributed by atoms with Gasteiger partial charge >= 0.3 is 11.9 Å². The first kappa shape index (κ1) is 18.9. The normalized spacial score (nSPS) is 10.1. The molecule has 0 radical (unpaired) electrons. The maximum absolute atomic E-state index is 12.8. The molecule has 0 aliphatic heterocycles. The molecule has 0 saturated heterocycles. The van der Waals surface area contributed by atoms with Crippen LogP contribution in [0.2, 0.25) is 0 Å². The topological polar surface area (TPSA) is 102 Å². The number of amides is 1. The van der Waals surface area contributed by atoms with E-state index in [2.05, 4.69) is 5.32 Å². The predicted octanol–water partition coefficient (Wildman–Crippen LogP) is 2.86. The minimum Gasteiger partial charge on any atom is -0.493 e. The molecule has 0 saturated carbocycles. The lowest BCUT2D eigenvalue weighted by Gasteiger charge is -2.10. The average molecular weight is 361 g/mol. The molecule has 2 aromatic rings. The molecule has 7 nitrogen and oxygen atoms in total. The molecular formula is C18H16FNO6. The lowest BCUT2D eigenvalue weighted by Crippen LogP contribution is -2.16. The fourth-order valence-corrected chi connectivity index (χ4v) is 2.03. The van der Waals surface area contributed by atoms with Crippen LogP contribution in [0.4, 0.5) is 10.1 Å². The quantitative estimate of drug-likeness (QED) is 0.581. The molecule has 0 aromatic heterocycles. The fourth-order valence-electron chi connectivity index (χ4n) is 2.03. The van der Waals surface area contributed by atoms with E-state index in [-0.39, 0.29) is 35.8 Å². The second kappa shape index (κ2) is 8.61. The predicted molar refractivity (Wildman–Crippen MR) is 89.9 cm³/mol. The molecule has 0 aliphatic rings. The Kier molecular flexibility index (Phi) is 6.26. The van der Waals surface area contributed by atoms with Gasteiger partial charge in [0.25, 0.3) is 0 Å². The highest BCUT2D eigenvalue weighted by Crippen LogP contribution is 2.23. The summed E-state index contributed by atoms with van der Waals surface area (Å²) in [6, 6.07) is 9.28. The number of carbonyl (C=O) groups excluding carboxylic acids is 2. The number of anilines is 1. The van der Waals surface area contributed by atoms with Crippen LogP contribution in [-0.2, 0) is 9.59 Å². The summed E-state index contributed by atoms with van der Waals surface area (Å²) in [6.45, 7) is 1.22. The molecule has 2 aromatic carbocycles. The maximum Gasteiger partial charge on any atom is 0.339 e. The minimum absolute atomic E-state index is 0.00544. The number of carboxylic acid groups (broad SMARTS) is 1. The van der Waals surface area contributed by atoms with Crippen LogP contribution in [0, 0.1) is 5.82 Å². The van der Waals surface area contributed by atoms with Crippen LogP contribution < -0.4 is 14.8 Å². The summed E-state index contributed by atoms with van der Waals surface area (Å²) in [5.41, 5.74) is -0.00866. The Bertz CT molecular complexity index is 819. The zero-order chi connectivity index (χ0) is 19.1. The van der Waals surface area contributed by atoms with Gasteiger partial charge in [-0.15, -0.1) is 0 Å². The van der Waals surface area contributed by atoms with Gasteiger partial charge < -0.3 is 19.9 Å². The molecule has 8 heteroatoms. The third-order valence-electron chi connectivity index (χ3n) is 3.16. The summed E-state index contributed by atoms with van der Waals surface area (Å²) in [6.07, 6.45) is 0.00544. The molecule has 2 N–H and O–H groups in total. The molecule has 26 heavy (non-hydrogen) atoms. The fraction of sp³-hybridized carbons (Fsp3) is 0.167. The van der Waals surface area contributed by atoms with E-state index in [9.17, 15) is 23.9 Å². The van der Waals surface area contributed by atoms with Gasteiger partial charge in [-0.1, -0.05) is 0 Å². The summed E-state index contributed by atoms with van der Waals surface area (Å²) >= 11 is 0. The smallest absolute Gasteiger partial charge is 0.339 e. The number of halogens is 1. The largest absolute Gasteiger partial charge is 0.493 e. The summed E-state index contributed by atoms with van der Waals surface area (Å²) in [7, 11) is 0. The summed E-state index contributed by atoms with van der Waals surface area (Å²) in [5, 5.41) is 11.7. The number of aromatic carboxylic acids is 1. The molecule has 2 rings (SSSR count). The number of rotatable bonds is 7. The van der Waals surface area contributed by atoms with E-state index >= 15 is 0 Å². The molecule has 136 valence electrons. The van der Waals surface area contributed by atoms with Crippen LogP contribution in [0.3, 0.4) is 0 Å². The second-order valence-electron chi connectivity index (χ2n) is 5.21. The Morgan fingerprint density at radius 3 is 2.42 bits per heavy atom. The second-order valence-corrected chi connectivity index (χ2v) is 5.21. The Morgan fingerprint density at radius 2 is 1.81 bits per heavy atom. The van der Waals surface area contributed by atoms with E-state index < -0.39 is 17.8 Å². The molecule has 0 atom stereocenters. The first-order valence-corrected chi connectivity index (χ1v) is 7.59. The Labute approximate surface area is 148 Å². The molecular weight excluding hydrogens is 345 g/mol. The van der Waals surface area contributed by atoms with Crippen molar-refractivity contribution in [1.82, 2.24) is 0 Å². The van der Waals surface area contributed by atoms with E-state index in [1.54, 1.807) is 0 Å². The van der Waals surface area contributed by atoms with Crippen molar-refractivity contribution in [1.29, 1.82) is 0 Å². The van der Waals surface area contributed by atoms with E-state index in [1.165, 1.54) is 42.5 Å².